The van der Waals surface area contributed by atoms with Crippen LogP contribution in [0.1, 0.15) is 26.2 Å². The van der Waals surface area contributed by atoms with Crippen molar-refractivity contribution in [3.05, 3.63) is 0 Å². The summed E-state index contributed by atoms with van der Waals surface area (Å²) in [5.41, 5.74) is 0. The molecule has 0 aliphatic rings. The third kappa shape index (κ3) is 8.75. The van der Waals surface area contributed by atoms with E-state index in [1.54, 1.807) is 19.0 Å². The molecule has 0 saturated carbocycles. The zero-order chi connectivity index (χ0) is 11.7. The fraction of sp³-hybridized carbons (Fsp3) is 0.909. The fourth-order valence-corrected chi connectivity index (χ4v) is 1.49. The molecule has 0 heterocycles. The monoisotopic (exact) mass is 232 g/mol. The van der Waals surface area contributed by atoms with Gasteiger partial charge in [0.1, 0.15) is 0 Å². The van der Waals surface area contributed by atoms with Gasteiger partial charge in [-0.15, -0.1) is 0 Å². The summed E-state index contributed by atoms with van der Waals surface area (Å²) in [6.07, 6.45) is 4.92. The quantitative estimate of drug-likeness (QED) is 0.645. The van der Waals surface area contributed by atoms with E-state index in [4.69, 9.17) is 0 Å². The average molecular weight is 232 g/mol. The van der Waals surface area contributed by atoms with Crippen molar-refractivity contribution >= 4 is 17.7 Å². The van der Waals surface area contributed by atoms with Gasteiger partial charge in [0.05, 0.1) is 0 Å². The van der Waals surface area contributed by atoms with Crippen LogP contribution in [-0.2, 0) is 4.79 Å². The fourth-order valence-electron chi connectivity index (χ4n) is 1.14. The van der Waals surface area contributed by atoms with Gasteiger partial charge in [-0.05, 0) is 32.2 Å². The molecule has 0 aliphatic carbocycles. The van der Waals surface area contributed by atoms with Gasteiger partial charge in [-0.1, -0.05) is 6.92 Å². The van der Waals surface area contributed by atoms with Crippen LogP contribution in [0.25, 0.3) is 0 Å². The molecule has 0 aromatic rings. The van der Waals surface area contributed by atoms with E-state index >= 15 is 0 Å². The lowest BCUT2D eigenvalue weighted by molar-refractivity contribution is -0.128. The Hall–Kier alpha value is -0.220. The van der Waals surface area contributed by atoms with Crippen LogP contribution in [0.3, 0.4) is 0 Å². The molecule has 0 saturated heterocycles. The predicted octanol–water partition coefficient (Wildman–Crippen LogP) is 1.59. The summed E-state index contributed by atoms with van der Waals surface area (Å²) in [4.78, 5) is 12.9. The Kier molecular flexibility index (Phi) is 8.91. The van der Waals surface area contributed by atoms with Crippen molar-refractivity contribution in [1.29, 1.82) is 0 Å². The highest BCUT2D eigenvalue weighted by Crippen LogP contribution is 2.07. The summed E-state index contributed by atoms with van der Waals surface area (Å²) >= 11 is 1.90. The van der Waals surface area contributed by atoms with Gasteiger partial charge in [-0.25, -0.2) is 0 Å². The lowest BCUT2D eigenvalue weighted by Gasteiger charge is -2.11. The van der Waals surface area contributed by atoms with E-state index in [0.29, 0.717) is 6.42 Å². The normalized spacial score (nSPS) is 12.5. The molecule has 1 N–H and O–H groups in total. The third-order valence-electron chi connectivity index (χ3n) is 2.37. The summed E-state index contributed by atoms with van der Waals surface area (Å²) < 4.78 is 0. The number of carbonyl (C=O) groups is 1. The molecule has 0 bridgehead atoms. The number of nitrogens with one attached hydrogen (secondary N) is 1. The smallest absolute Gasteiger partial charge is 0.222 e. The Morgan fingerprint density at radius 3 is 2.60 bits per heavy atom. The van der Waals surface area contributed by atoms with E-state index in [1.165, 1.54) is 6.42 Å². The Bertz CT molecular complexity index is 174. The molecule has 0 rings (SSSR count). The molecule has 1 amide bonds. The lowest BCUT2D eigenvalue weighted by Crippen LogP contribution is -2.24. The molecule has 0 radical (unpaired) electrons. The van der Waals surface area contributed by atoms with Gasteiger partial charge in [-0.2, -0.15) is 11.8 Å². The van der Waals surface area contributed by atoms with Crippen LogP contribution in [0.15, 0.2) is 0 Å². The van der Waals surface area contributed by atoms with Crippen molar-refractivity contribution in [2.45, 2.75) is 31.4 Å². The van der Waals surface area contributed by atoms with Crippen molar-refractivity contribution < 1.29 is 4.79 Å². The number of rotatable bonds is 8. The molecule has 0 aromatic heterocycles. The second kappa shape index (κ2) is 9.04. The van der Waals surface area contributed by atoms with Crippen LogP contribution in [0.4, 0.5) is 0 Å². The maximum absolute atomic E-state index is 11.2. The van der Waals surface area contributed by atoms with Crippen molar-refractivity contribution in [2.24, 2.45) is 0 Å². The number of hydrogen-bond donors (Lipinski definition) is 1. The molecule has 15 heavy (non-hydrogen) atoms. The third-order valence-corrected chi connectivity index (χ3v) is 3.41. The second-order valence-corrected chi connectivity index (χ2v) is 5.25. The number of thioether (sulfide) groups is 1. The Labute approximate surface area is 98.0 Å². The first-order chi connectivity index (χ1) is 7.07. The standard InChI is InChI=1S/C11H24N2OS/c1-10(15-4)7-9-12-8-5-6-11(14)13(2)3/h10,12H,5-9H2,1-4H3. The van der Waals surface area contributed by atoms with Gasteiger partial charge in [0, 0.05) is 25.8 Å². The van der Waals surface area contributed by atoms with Crippen LogP contribution in [-0.4, -0.2) is 49.5 Å². The van der Waals surface area contributed by atoms with Crippen LogP contribution >= 0.6 is 11.8 Å². The van der Waals surface area contributed by atoms with Crippen LogP contribution < -0.4 is 5.32 Å². The predicted molar refractivity (Wildman–Crippen MR) is 68.4 cm³/mol. The number of nitrogens with zero attached hydrogens (tertiary/aromatic N) is 1. The minimum Gasteiger partial charge on any atom is -0.349 e. The van der Waals surface area contributed by atoms with E-state index in [0.717, 1.165) is 24.8 Å². The highest BCUT2D eigenvalue weighted by molar-refractivity contribution is 7.99. The highest BCUT2D eigenvalue weighted by Gasteiger charge is 2.02. The molecule has 0 aromatic carbocycles. The average Bonchev–Trinajstić information content (AvgIpc) is 2.22. The largest absolute Gasteiger partial charge is 0.349 e. The Morgan fingerprint density at radius 2 is 2.07 bits per heavy atom. The zero-order valence-corrected chi connectivity index (χ0v) is 11.2. The van der Waals surface area contributed by atoms with Gasteiger partial charge < -0.3 is 10.2 Å². The molecular formula is C11H24N2OS. The van der Waals surface area contributed by atoms with Gasteiger partial charge in [0.15, 0.2) is 0 Å². The molecule has 4 heteroatoms. The van der Waals surface area contributed by atoms with Crippen molar-refractivity contribution in [3.63, 3.8) is 0 Å². The minimum atomic E-state index is 0.217. The topological polar surface area (TPSA) is 32.3 Å². The van der Waals surface area contributed by atoms with Crippen LogP contribution in [0.5, 0.6) is 0 Å². The lowest BCUT2D eigenvalue weighted by atomic mass is 10.2. The molecule has 0 aliphatic heterocycles. The number of amides is 1. The number of carbonyl (C=O) groups excluding carboxylic acids is 1. The summed E-state index contributed by atoms with van der Waals surface area (Å²) in [7, 11) is 3.60. The molecular weight excluding hydrogens is 208 g/mol. The second-order valence-electron chi connectivity index (χ2n) is 3.98. The molecule has 0 fully saturated rings. The zero-order valence-electron chi connectivity index (χ0n) is 10.4. The van der Waals surface area contributed by atoms with Crippen LogP contribution in [0, 0.1) is 0 Å². The van der Waals surface area contributed by atoms with Gasteiger partial charge in [-0.3, -0.25) is 4.79 Å². The van der Waals surface area contributed by atoms with Crippen molar-refractivity contribution in [3.8, 4) is 0 Å². The highest BCUT2D eigenvalue weighted by atomic mass is 32.2. The van der Waals surface area contributed by atoms with E-state index < -0.39 is 0 Å². The summed E-state index contributed by atoms with van der Waals surface area (Å²) in [6.45, 7) is 4.24. The summed E-state index contributed by atoms with van der Waals surface area (Å²) in [5, 5.41) is 4.08. The minimum absolute atomic E-state index is 0.217. The first-order valence-corrected chi connectivity index (χ1v) is 6.80. The van der Waals surface area contributed by atoms with E-state index in [1.807, 2.05) is 11.8 Å². The Balaban J connectivity index is 3.22. The summed E-state index contributed by atoms with van der Waals surface area (Å²) in [6, 6.07) is 0. The SMILES string of the molecule is CSC(C)CCNCCCC(=O)N(C)C. The molecule has 3 nitrogen and oxygen atoms in total. The van der Waals surface area contributed by atoms with Crippen LogP contribution in [0.2, 0.25) is 0 Å². The molecule has 1 atom stereocenters. The van der Waals surface area contributed by atoms with Gasteiger partial charge in [0.25, 0.3) is 0 Å². The van der Waals surface area contributed by atoms with Crippen molar-refractivity contribution in [1.82, 2.24) is 10.2 Å². The maximum atomic E-state index is 11.2. The molecule has 90 valence electrons. The summed E-state index contributed by atoms with van der Waals surface area (Å²) in [5.74, 6) is 0.217. The van der Waals surface area contributed by atoms with E-state index in [-0.39, 0.29) is 5.91 Å². The molecule has 0 spiro atoms. The first-order valence-electron chi connectivity index (χ1n) is 5.51. The van der Waals surface area contributed by atoms with E-state index in [2.05, 4.69) is 18.5 Å². The van der Waals surface area contributed by atoms with Gasteiger partial charge in [0.2, 0.25) is 5.91 Å². The van der Waals surface area contributed by atoms with Gasteiger partial charge >= 0.3 is 0 Å². The van der Waals surface area contributed by atoms with E-state index in [9.17, 15) is 4.79 Å². The maximum Gasteiger partial charge on any atom is 0.222 e. The molecule has 1 unspecified atom stereocenters. The Morgan fingerprint density at radius 1 is 1.40 bits per heavy atom. The first kappa shape index (κ1) is 14.8. The number of hydrogen-bond acceptors (Lipinski definition) is 3. The van der Waals surface area contributed by atoms with Crippen molar-refractivity contribution in [2.75, 3.05) is 33.4 Å².